The summed E-state index contributed by atoms with van der Waals surface area (Å²) in [5.74, 6) is -0.365. The average molecular weight is 330 g/mol. The fourth-order valence-electron chi connectivity index (χ4n) is 1.32. The summed E-state index contributed by atoms with van der Waals surface area (Å²) in [6.07, 6.45) is 1.15. The van der Waals surface area contributed by atoms with E-state index >= 15 is 0 Å². The maximum Gasteiger partial charge on any atom is 0.409 e. The Bertz CT molecular complexity index is 527. The van der Waals surface area contributed by atoms with E-state index in [0.29, 0.717) is 15.8 Å². The van der Waals surface area contributed by atoms with Crippen molar-refractivity contribution in [3.63, 3.8) is 0 Å². The van der Waals surface area contributed by atoms with Crippen LogP contribution in [0.2, 0.25) is 0 Å². The van der Waals surface area contributed by atoms with Crippen LogP contribution in [-0.2, 0) is 9.53 Å². The predicted octanol–water partition coefficient (Wildman–Crippen LogP) is 2.64. The highest BCUT2D eigenvalue weighted by atomic mass is 79.9. The molecule has 6 nitrogen and oxygen atoms in total. The quantitative estimate of drug-likeness (QED) is 0.359. The van der Waals surface area contributed by atoms with Gasteiger partial charge in [-0.2, -0.15) is 0 Å². The molecule has 19 heavy (non-hydrogen) atoms. The first-order valence-corrected chi connectivity index (χ1v) is 6.15. The van der Waals surface area contributed by atoms with Crippen molar-refractivity contribution in [1.29, 1.82) is 0 Å². The lowest BCUT2D eigenvalue weighted by molar-refractivity contribution is -0.419. The van der Waals surface area contributed by atoms with E-state index in [2.05, 4.69) is 20.7 Å². The van der Waals surface area contributed by atoms with Crippen LogP contribution in [0.15, 0.2) is 28.4 Å². The SMILES string of the molecule is CCOC(=O)/C(=C\c1ccc(OC)c(Br)c1)[N+](=O)[O-]. The maximum absolute atomic E-state index is 11.4. The molecule has 0 aliphatic rings. The molecule has 1 rings (SSSR count). The van der Waals surface area contributed by atoms with Gasteiger partial charge in [0.1, 0.15) is 5.75 Å². The van der Waals surface area contributed by atoms with E-state index < -0.39 is 16.6 Å². The third-order valence-corrected chi connectivity index (χ3v) is 2.78. The minimum absolute atomic E-state index is 0.0797. The Kier molecular flexibility index (Phi) is 5.50. The topological polar surface area (TPSA) is 78.7 Å². The fraction of sp³-hybridized carbons (Fsp3) is 0.250. The lowest BCUT2D eigenvalue weighted by Crippen LogP contribution is -2.14. The van der Waals surface area contributed by atoms with Crippen molar-refractivity contribution in [3.05, 3.63) is 44.0 Å². The predicted molar refractivity (Wildman–Crippen MR) is 72.3 cm³/mol. The summed E-state index contributed by atoms with van der Waals surface area (Å²) in [6.45, 7) is 1.66. The second-order valence-corrected chi connectivity index (χ2v) is 4.26. The van der Waals surface area contributed by atoms with E-state index in [0.717, 1.165) is 6.08 Å². The van der Waals surface area contributed by atoms with Gasteiger partial charge < -0.3 is 9.47 Å². The van der Waals surface area contributed by atoms with Crippen LogP contribution in [0, 0.1) is 10.1 Å². The van der Waals surface area contributed by atoms with E-state index in [1.165, 1.54) is 7.11 Å². The number of esters is 1. The lowest BCUT2D eigenvalue weighted by Gasteiger charge is -2.04. The molecular formula is C12H12BrNO5. The van der Waals surface area contributed by atoms with Crippen LogP contribution in [0.4, 0.5) is 0 Å². The van der Waals surface area contributed by atoms with Crippen LogP contribution in [0.5, 0.6) is 5.75 Å². The van der Waals surface area contributed by atoms with E-state index in [1.54, 1.807) is 25.1 Å². The minimum atomic E-state index is -0.959. The third kappa shape index (κ3) is 4.06. The maximum atomic E-state index is 11.4. The van der Waals surface area contributed by atoms with Gasteiger partial charge in [0.15, 0.2) is 0 Å². The molecule has 0 unspecified atom stereocenters. The smallest absolute Gasteiger partial charge is 0.409 e. The monoisotopic (exact) mass is 329 g/mol. The molecule has 0 fully saturated rings. The molecule has 7 heteroatoms. The van der Waals surface area contributed by atoms with Gasteiger partial charge in [-0.15, -0.1) is 0 Å². The number of carbonyl (C=O) groups excluding carboxylic acids is 1. The molecule has 0 N–H and O–H groups in total. The summed E-state index contributed by atoms with van der Waals surface area (Å²) in [7, 11) is 1.51. The van der Waals surface area contributed by atoms with Crippen LogP contribution < -0.4 is 4.74 Å². The average Bonchev–Trinajstić information content (AvgIpc) is 2.36. The van der Waals surface area contributed by atoms with E-state index in [1.807, 2.05) is 0 Å². The number of hydrogen-bond acceptors (Lipinski definition) is 5. The number of hydrogen-bond donors (Lipinski definition) is 0. The van der Waals surface area contributed by atoms with Gasteiger partial charge in [0.05, 0.1) is 23.1 Å². The molecule has 1 aromatic rings. The minimum Gasteiger partial charge on any atom is -0.496 e. The number of nitro groups is 1. The standard InChI is InChI=1S/C12H12BrNO5/c1-3-19-12(15)10(14(16)17)7-8-4-5-11(18-2)9(13)6-8/h4-7H,3H2,1-2H3/b10-7+. The Balaban J connectivity index is 3.12. The second-order valence-electron chi connectivity index (χ2n) is 3.40. The molecular weight excluding hydrogens is 318 g/mol. The Hall–Kier alpha value is -1.89. The van der Waals surface area contributed by atoms with E-state index in [-0.39, 0.29) is 6.61 Å². The van der Waals surface area contributed by atoms with Crippen molar-refractivity contribution < 1.29 is 19.2 Å². The molecule has 0 aliphatic carbocycles. The Morgan fingerprint density at radius 1 is 1.53 bits per heavy atom. The van der Waals surface area contributed by atoms with Gasteiger partial charge in [0.25, 0.3) is 0 Å². The highest BCUT2D eigenvalue weighted by Gasteiger charge is 2.23. The zero-order valence-corrected chi connectivity index (χ0v) is 12.0. The fourth-order valence-corrected chi connectivity index (χ4v) is 1.88. The number of rotatable bonds is 5. The normalized spacial score (nSPS) is 11.0. The van der Waals surface area contributed by atoms with Crippen molar-refractivity contribution in [3.8, 4) is 5.75 Å². The number of benzene rings is 1. The van der Waals surface area contributed by atoms with Crippen LogP contribution in [-0.4, -0.2) is 24.6 Å². The lowest BCUT2D eigenvalue weighted by atomic mass is 10.2. The van der Waals surface area contributed by atoms with Crippen molar-refractivity contribution in [2.45, 2.75) is 6.92 Å². The summed E-state index contributed by atoms with van der Waals surface area (Å²) in [5.41, 5.74) is -0.119. The first-order valence-electron chi connectivity index (χ1n) is 5.36. The van der Waals surface area contributed by atoms with Crippen molar-refractivity contribution in [2.24, 2.45) is 0 Å². The zero-order valence-electron chi connectivity index (χ0n) is 10.4. The van der Waals surface area contributed by atoms with Gasteiger partial charge in [-0.3, -0.25) is 10.1 Å². The molecule has 0 bridgehead atoms. The Morgan fingerprint density at radius 3 is 2.68 bits per heavy atom. The summed E-state index contributed by atoms with van der Waals surface area (Å²) in [4.78, 5) is 21.5. The molecule has 0 saturated heterocycles. The molecule has 1 aromatic carbocycles. The molecule has 0 saturated carbocycles. The molecule has 0 radical (unpaired) electrons. The van der Waals surface area contributed by atoms with Gasteiger partial charge in [-0.25, -0.2) is 4.79 Å². The van der Waals surface area contributed by atoms with Crippen LogP contribution in [0.3, 0.4) is 0 Å². The number of carbonyl (C=O) groups is 1. The summed E-state index contributed by atoms with van der Waals surface area (Å²) in [6, 6.07) is 4.85. The van der Waals surface area contributed by atoms with Crippen LogP contribution >= 0.6 is 15.9 Å². The highest BCUT2D eigenvalue weighted by Crippen LogP contribution is 2.26. The van der Waals surface area contributed by atoms with Crippen molar-refractivity contribution in [1.82, 2.24) is 0 Å². The van der Waals surface area contributed by atoms with Crippen molar-refractivity contribution in [2.75, 3.05) is 13.7 Å². The number of halogens is 1. The van der Waals surface area contributed by atoms with Gasteiger partial charge in [0, 0.05) is 6.08 Å². The largest absolute Gasteiger partial charge is 0.496 e. The third-order valence-electron chi connectivity index (χ3n) is 2.16. The molecule has 0 aromatic heterocycles. The van der Waals surface area contributed by atoms with E-state index in [4.69, 9.17) is 4.74 Å². The molecule has 0 atom stereocenters. The van der Waals surface area contributed by atoms with Crippen molar-refractivity contribution >= 4 is 28.0 Å². The summed E-state index contributed by atoms with van der Waals surface area (Å²) < 4.78 is 10.3. The van der Waals surface area contributed by atoms with E-state index in [9.17, 15) is 14.9 Å². The van der Waals surface area contributed by atoms with Crippen LogP contribution in [0.1, 0.15) is 12.5 Å². The first kappa shape index (κ1) is 15.2. The second kappa shape index (κ2) is 6.89. The molecule has 0 heterocycles. The number of ether oxygens (including phenoxy) is 2. The number of nitrogens with zero attached hydrogens (tertiary/aromatic N) is 1. The Labute approximate surface area is 118 Å². The van der Waals surface area contributed by atoms with Gasteiger partial charge in [-0.1, -0.05) is 6.07 Å². The summed E-state index contributed by atoms with van der Waals surface area (Å²) >= 11 is 3.26. The molecule has 102 valence electrons. The van der Waals surface area contributed by atoms with Gasteiger partial charge >= 0.3 is 11.7 Å². The van der Waals surface area contributed by atoms with Crippen LogP contribution in [0.25, 0.3) is 6.08 Å². The first-order chi connectivity index (χ1) is 8.99. The molecule has 0 spiro atoms. The summed E-state index contributed by atoms with van der Waals surface area (Å²) in [5, 5.41) is 10.8. The molecule has 0 aliphatic heterocycles. The van der Waals surface area contributed by atoms with Gasteiger partial charge in [-0.05, 0) is 40.5 Å². The Morgan fingerprint density at radius 2 is 2.21 bits per heavy atom. The van der Waals surface area contributed by atoms with Gasteiger partial charge in [0.2, 0.25) is 0 Å². The zero-order chi connectivity index (χ0) is 14.4. The number of methoxy groups -OCH3 is 1. The molecule has 0 amide bonds. The highest BCUT2D eigenvalue weighted by molar-refractivity contribution is 9.10.